The summed E-state index contributed by atoms with van der Waals surface area (Å²) in [5.41, 5.74) is 0.480. The second-order valence-electron chi connectivity index (χ2n) is 5.74. The van der Waals surface area contributed by atoms with Crippen LogP contribution >= 0.6 is 11.6 Å². The first-order valence-electron chi connectivity index (χ1n) is 8.07. The van der Waals surface area contributed by atoms with Crippen molar-refractivity contribution in [1.82, 2.24) is 15.0 Å². The highest BCUT2D eigenvalue weighted by molar-refractivity contribution is 7.93. The van der Waals surface area contributed by atoms with Crippen molar-refractivity contribution in [3.63, 3.8) is 0 Å². The fraction of sp³-hybridized carbons (Fsp3) is 0.250. The van der Waals surface area contributed by atoms with Gasteiger partial charge in [-0.25, -0.2) is 13.1 Å². The third-order valence-electron chi connectivity index (χ3n) is 3.75. The molecule has 0 atom stereocenters. The molecule has 3 aromatic rings. The molecule has 0 spiro atoms. The van der Waals surface area contributed by atoms with Crippen LogP contribution in [0.15, 0.2) is 29.3 Å². The van der Waals surface area contributed by atoms with Crippen molar-refractivity contribution < 1.29 is 36.5 Å². The topological polar surface area (TPSA) is 136 Å². The van der Waals surface area contributed by atoms with Crippen LogP contribution in [0.5, 0.6) is 17.5 Å². The number of fused-ring (bicyclic) bond motifs is 1. The molecule has 0 radical (unpaired) electrons. The van der Waals surface area contributed by atoms with Crippen LogP contribution in [-0.4, -0.2) is 55.4 Å². The van der Waals surface area contributed by atoms with Gasteiger partial charge in [0.05, 0.1) is 14.2 Å². The summed E-state index contributed by atoms with van der Waals surface area (Å²) < 4.78 is 68.8. The molecule has 0 saturated carbocycles. The van der Waals surface area contributed by atoms with Crippen molar-refractivity contribution >= 4 is 38.5 Å². The Kier molecular flexibility index (Phi) is 5.87. The molecule has 0 fully saturated rings. The zero-order chi connectivity index (χ0) is 22.1. The van der Waals surface area contributed by atoms with Gasteiger partial charge in [-0.3, -0.25) is 0 Å². The Balaban J connectivity index is 2.01. The quantitative estimate of drug-likeness (QED) is 0.462. The number of H-pyrrole nitrogens is 1. The molecule has 0 amide bonds. The third kappa shape index (κ3) is 4.32. The number of alkyl halides is 2. The van der Waals surface area contributed by atoms with Crippen LogP contribution in [0, 0.1) is 0 Å². The number of rotatable bonds is 8. The van der Waals surface area contributed by atoms with Gasteiger partial charge in [-0.05, 0) is 18.2 Å². The molecule has 0 unspecified atom stereocenters. The zero-order valence-electron chi connectivity index (χ0n) is 15.4. The number of aliphatic hydroxyl groups is 1. The van der Waals surface area contributed by atoms with E-state index in [0.29, 0.717) is 15.9 Å². The van der Waals surface area contributed by atoms with E-state index < -0.39 is 46.2 Å². The van der Waals surface area contributed by atoms with E-state index in [1.54, 1.807) is 6.07 Å². The van der Waals surface area contributed by atoms with E-state index in [9.17, 15) is 17.2 Å². The molecular weight excluding hydrogens is 450 g/mol. The van der Waals surface area contributed by atoms with Crippen LogP contribution < -0.4 is 18.9 Å². The summed E-state index contributed by atoms with van der Waals surface area (Å²) in [6, 6.07) is 4.58. The predicted molar refractivity (Wildman–Crippen MR) is 102 cm³/mol. The minimum Gasteiger partial charge on any atom is -0.478 e. The summed E-state index contributed by atoms with van der Waals surface area (Å²) in [5, 5.41) is 9.47. The minimum atomic E-state index is -4.20. The second kappa shape index (κ2) is 8.08. The Bertz CT molecular complexity index is 1160. The molecule has 14 heteroatoms. The van der Waals surface area contributed by atoms with Crippen molar-refractivity contribution in [1.29, 1.82) is 0 Å². The molecule has 30 heavy (non-hydrogen) atoms. The van der Waals surface area contributed by atoms with Crippen molar-refractivity contribution in [3.05, 3.63) is 29.4 Å². The summed E-state index contributed by atoms with van der Waals surface area (Å²) in [6.45, 7) is -1.63. The van der Waals surface area contributed by atoms with Gasteiger partial charge in [0.2, 0.25) is 11.7 Å². The van der Waals surface area contributed by atoms with Gasteiger partial charge in [0.15, 0.2) is 0 Å². The normalized spacial score (nSPS) is 12.1. The molecule has 0 aliphatic heterocycles. The Morgan fingerprint density at radius 1 is 1.23 bits per heavy atom. The summed E-state index contributed by atoms with van der Waals surface area (Å²) in [6.07, 6.45) is -2.73. The van der Waals surface area contributed by atoms with Gasteiger partial charge in [0, 0.05) is 22.1 Å². The van der Waals surface area contributed by atoms with E-state index >= 15 is 0 Å². The van der Waals surface area contributed by atoms with Crippen LogP contribution in [0.3, 0.4) is 0 Å². The van der Waals surface area contributed by atoms with Crippen LogP contribution in [0.25, 0.3) is 10.9 Å². The molecule has 162 valence electrons. The zero-order valence-corrected chi connectivity index (χ0v) is 17.0. The average Bonchev–Trinajstić information content (AvgIpc) is 3.12. The van der Waals surface area contributed by atoms with E-state index in [1.807, 2.05) is 0 Å². The molecule has 3 N–H and O–H groups in total. The van der Waals surface area contributed by atoms with Crippen LogP contribution in [0.4, 0.5) is 14.7 Å². The molecule has 0 aliphatic carbocycles. The van der Waals surface area contributed by atoms with E-state index in [4.69, 9.17) is 26.2 Å². The van der Waals surface area contributed by atoms with E-state index in [2.05, 4.69) is 24.4 Å². The third-order valence-corrected chi connectivity index (χ3v) is 5.35. The predicted octanol–water partition coefficient (Wildman–Crippen LogP) is 2.39. The Morgan fingerprint density at radius 2 is 1.87 bits per heavy atom. The molecule has 0 bridgehead atoms. The van der Waals surface area contributed by atoms with Gasteiger partial charge in [0.1, 0.15) is 11.5 Å². The molecule has 1 aromatic carbocycles. The number of benzene rings is 1. The molecular formula is C16H15ClF2N4O6S. The van der Waals surface area contributed by atoms with Crippen molar-refractivity contribution in [3.8, 4) is 17.5 Å². The lowest BCUT2D eigenvalue weighted by atomic mass is 10.2. The number of aromatic nitrogens is 3. The first kappa shape index (κ1) is 21.8. The van der Waals surface area contributed by atoms with E-state index in [0.717, 1.165) is 14.2 Å². The van der Waals surface area contributed by atoms with Gasteiger partial charge in [-0.1, -0.05) is 11.6 Å². The number of nitrogens with zero attached hydrogens (tertiary/aromatic N) is 2. The smallest absolute Gasteiger partial charge is 0.422 e. The number of methoxy groups -OCH3 is 2. The molecule has 2 heterocycles. The molecule has 2 aromatic heterocycles. The maximum absolute atomic E-state index is 13.4. The van der Waals surface area contributed by atoms with Gasteiger partial charge in [-0.15, -0.1) is 0 Å². The highest BCUT2D eigenvalue weighted by Gasteiger charge is 2.35. The Labute approximate surface area is 173 Å². The summed E-state index contributed by atoms with van der Waals surface area (Å²) in [5.74, 6) is -2.33. The molecule has 0 saturated heterocycles. The molecule has 3 rings (SSSR count). The maximum atomic E-state index is 13.4. The largest absolute Gasteiger partial charge is 0.478 e. The lowest BCUT2D eigenvalue weighted by Gasteiger charge is -2.19. The van der Waals surface area contributed by atoms with Crippen LogP contribution in [-0.2, 0) is 10.0 Å². The first-order valence-corrected chi connectivity index (χ1v) is 9.93. The second-order valence-corrected chi connectivity index (χ2v) is 7.83. The fourth-order valence-corrected chi connectivity index (χ4v) is 3.77. The van der Waals surface area contributed by atoms with Gasteiger partial charge in [0.25, 0.3) is 21.8 Å². The van der Waals surface area contributed by atoms with Gasteiger partial charge in [-0.2, -0.15) is 18.7 Å². The maximum Gasteiger partial charge on any atom is 0.422 e. The van der Waals surface area contributed by atoms with E-state index in [-0.39, 0.29) is 4.90 Å². The van der Waals surface area contributed by atoms with Gasteiger partial charge < -0.3 is 24.3 Å². The molecule has 10 nitrogen and oxygen atoms in total. The number of hydrogen-bond acceptors (Lipinski definition) is 8. The van der Waals surface area contributed by atoms with Crippen LogP contribution in [0.1, 0.15) is 0 Å². The number of aromatic amines is 1. The SMILES string of the molecule is COc1nc(NS(=O)(=O)c2c[nH]c3cc(Cl)ccc23)nc(OC)c1OC(F)(F)CO. The highest BCUT2D eigenvalue weighted by atomic mass is 35.5. The van der Waals surface area contributed by atoms with Gasteiger partial charge >= 0.3 is 6.11 Å². The van der Waals surface area contributed by atoms with Crippen molar-refractivity contribution in [2.45, 2.75) is 11.0 Å². The minimum absolute atomic E-state index is 0.122. The van der Waals surface area contributed by atoms with Crippen molar-refractivity contribution in [2.24, 2.45) is 0 Å². The monoisotopic (exact) mass is 464 g/mol. The standard InChI is InChI=1S/C16H15ClF2N4O6S/c1-27-13-12(29-16(18,19)7-24)14(28-2)22-15(21-13)23-30(25,26)11-6-20-10-5-8(17)3-4-9(10)11/h3-6,20,24H,7H2,1-2H3,(H,21,22,23). The van der Waals surface area contributed by atoms with Crippen LogP contribution in [0.2, 0.25) is 5.02 Å². The summed E-state index contributed by atoms with van der Waals surface area (Å²) in [7, 11) is -2.02. The Hall–Kier alpha value is -2.90. The number of nitrogens with one attached hydrogen (secondary N) is 2. The number of halogens is 3. The lowest BCUT2D eigenvalue weighted by Crippen LogP contribution is -2.29. The Morgan fingerprint density at radius 3 is 2.43 bits per heavy atom. The first-order chi connectivity index (χ1) is 14.1. The fourth-order valence-electron chi connectivity index (χ4n) is 2.47. The number of ether oxygens (including phenoxy) is 3. The summed E-state index contributed by atoms with van der Waals surface area (Å²) >= 11 is 5.90. The summed E-state index contributed by atoms with van der Waals surface area (Å²) in [4.78, 5) is 10.1. The average molecular weight is 465 g/mol. The number of hydrogen-bond donors (Lipinski definition) is 3. The number of anilines is 1. The lowest BCUT2D eigenvalue weighted by molar-refractivity contribution is -0.202. The molecule has 0 aliphatic rings. The van der Waals surface area contributed by atoms with Crippen molar-refractivity contribution in [2.75, 3.05) is 25.5 Å². The number of sulfonamides is 1. The number of aliphatic hydroxyl groups excluding tert-OH is 1. The highest BCUT2D eigenvalue weighted by Crippen LogP contribution is 2.38. The van der Waals surface area contributed by atoms with E-state index in [1.165, 1.54) is 18.3 Å².